The van der Waals surface area contributed by atoms with E-state index in [0.29, 0.717) is 0 Å². The van der Waals surface area contributed by atoms with E-state index in [-0.39, 0.29) is 0 Å². The van der Waals surface area contributed by atoms with E-state index >= 15 is 0 Å². The highest BCUT2D eigenvalue weighted by molar-refractivity contribution is 6.07. The summed E-state index contributed by atoms with van der Waals surface area (Å²) in [6.45, 7) is 0. The third kappa shape index (κ3) is 1.20. The number of hydrogen-bond acceptors (Lipinski definition) is 3. The third-order valence-corrected chi connectivity index (χ3v) is 3.05. The normalized spacial score (nSPS) is 11.3. The van der Waals surface area contributed by atoms with E-state index in [2.05, 4.69) is 22.4 Å². The summed E-state index contributed by atoms with van der Waals surface area (Å²) < 4.78 is 7.63. The van der Waals surface area contributed by atoms with Crippen molar-refractivity contribution in [3.63, 3.8) is 0 Å². The summed E-state index contributed by atoms with van der Waals surface area (Å²) in [5, 5.41) is 10.1. The Morgan fingerprint density at radius 3 is 2.72 bits per heavy atom. The molecule has 0 radical (unpaired) electrons. The molecule has 0 saturated heterocycles. The Hall–Kier alpha value is -2.62. The van der Waals surface area contributed by atoms with Crippen LogP contribution in [0.3, 0.4) is 0 Å². The summed E-state index contributed by atoms with van der Waals surface area (Å²) in [7, 11) is 0. The van der Waals surface area contributed by atoms with Crippen LogP contribution in [-0.4, -0.2) is 15.0 Å². The van der Waals surface area contributed by atoms with Crippen LogP contribution in [0.15, 0.2) is 59.3 Å². The molecule has 0 aliphatic rings. The average molecular weight is 235 g/mol. The van der Waals surface area contributed by atoms with E-state index in [9.17, 15) is 0 Å². The van der Waals surface area contributed by atoms with Gasteiger partial charge in [-0.15, -0.1) is 5.10 Å². The Morgan fingerprint density at radius 1 is 0.944 bits per heavy atom. The molecule has 2 heterocycles. The maximum atomic E-state index is 5.92. The zero-order valence-corrected chi connectivity index (χ0v) is 9.45. The lowest BCUT2D eigenvalue weighted by atomic mass is 10.1. The van der Waals surface area contributed by atoms with Crippen LogP contribution in [0.1, 0.15) is 0 Å². The monoisotopic (exact) mass is 235 g/mol. The van der Waals surface area contributed by atoms with Gasteiger partial charge in [-0.25, -0.2) is 4.68 Å². The molecule has 0 spiro atoms. The van der Waals surface area contributed by atoms with Gasteiger partial charge in [-0.05, 0) is 12.1 Å². The minimum Gasteiger partial charge on any atom is -0.454 e. The van der Waals surface area contributed by atoms with E-state index < -0.39 is 0 Å². The quantitative estimate of drug-likeness (QED) is 0.509. The summed E-state index contributed by atoms with van der Waals surface area (Å²) in [4.78, 5) is 0. The smallest absolute Gasteiger partial charge is 0.161 e. The lowest BCUT2D eigenvalue weighted by Gasteiger charge is -1.99. The van der Waals surface area contributed by atoms with Crippen molar-refractivity contribution in [1.29, 1.82) is 0 Å². The Bertz CT molecular complexity index is 831. The molecule has 0 atom stereocenters. The highest BCUT2D eigenvalue weighted by Crippen LogP contribution is 2.31. The maximum absolute atomic E-state index is 5.92. The first-order chi connectivity index (χ1) is 8.93. The molecule has 0 aliphatic heterocycles. The Labute approximate surface area is 102 Å². The summed E-state index contributed by atoms with van der Waals surface area (Å²) in [5.74, 6) is 0. The van der Waals surface area contributed by atoms with Crippen molar-refractivity contribution in [1.82, 2.24) is 15.0 Å². The van der Waals surface area contributed by atoms with Crippen LogP contribution in [0.25, 0.3) is 27.6 Å². The lowest BCUT2D eigenvalue weighted by molar-refractivity contribution is 0.659. The first kappa shape index (κ1) is 9.41. The van der Waals surface area contributed by atoms with E-state index in [4.69, 9.17) is 4.42 Å². The van der Waals surface area contributed by atoms with E-state index in [0.717, 1.165) is 27.6 Å². The van der Waals surface area contributed by atoms with Crippen molar-refractivity contribution < 1.29 is 4.42 Å². The van der Waals surface area contributed by atoms with E-state index in [1.54, 1.807) is 10.9 Å². The fraction of sp³-hybridized carbons (Fsp3) is 0. The zero-order valence-electron chi connectivity index (χ0n) is 9.45. The van der Waals surface area contributed by atoms with Gasteiger partial charge >= 0.3 is 0 Å². The molecule has 4 aromatic rings. The summed E-state index contributed by atoms with van der Waals surface area (Å²) in [6, 6.07) is 14.0. The minimum atomic E-state index is 0.837. The molecule has 0 bridgehead atoms. The molecule has 0 aliphatic carbocycles. The molecule has 4 heteroatoms. The van der Waals surface area contributed by atoms with Gasteiger partial charge in [-0.2, -0.15) is 0 Å². The second-order valence-corrected chi connectivity index (χ2v) is 4.10. The molecule has 4 nitrogen and oxygen atoms in total. The van der Waals surface area contributed by atoms with Gasteiger partial charge in [0.15, 0.2) is 5.58 Å². The molecule has 4 rings (SSSR count). The van der Waals surface area contributed by atoms with Crippen LogP contribution in [-0.2, 0) is 0 Å². The summed E-state index contributed by atoms with van der Waals surface area (Å²) in [5.41, 5.74) is 2.63. The van der Waals surface area contributed by atoms with Crippen molar-refractivity contribution >= 4 is 21.9 Å². The second-order valence-electron chi connectivity index (χ2n) is 4.10. The number of fused-ring (bicyclic) bond motifs is 3. The van der Waals surface area contributed by atoms with Crippen molar-refractivity contribution in [2.75, 3.05) is 0 Å². The van der Waals surface area contributed by atoms with E-state index in [1.807, 2.05) is 36.5 Å². The second kappa shape index (κ2) is 3.43. The number of nitrogens with zero attached hydrogens (tertiary/aromatic N) is 3. The molecule has 0 saturated carbocycles. The fourth-order valence-corrected chi connectivity index (χ4v) is 2.25. The highest BCUT2D eigenvalue weighted by atomic mass is 16.3. The zero-order chi connectivity index (χ0) is 11.9. The number of rotatable bonds is 1. The van der Waals surface area contributed by atoms with Crippen molar-refractivity contribution in [3.05, 3.63) is 54.9 Å². The molecular formula is C14H9N3O. The van der Waals surface area contributed by atoms with Crippen LogP contribution < -0.4 is 0 Å². The van der Waals surface area contributed by atoms with Crippen LogP contribution >= 0.6 is 0 Å². The average Bonchev–Trinajstić information content (AvgIpc) is 3.05. The minimum absolute atomic E-state index is 0.837. The number of hydrogen-bond donors (Lipinski definition) is 0. The summed E-state index contributed by atoms with van der Waals surface area (Å²) in [6.07, 6.45) is 3.46. The molecule has 2 aromatic heterocycles. The van der Waals surface area contributed by atoms with Gasteiger partial charge in [0.1, 0.15) is 11.3 Å². The maximum Gasteiger partial charge on any atom is 0.161 e. The van der Waals surface area contributed by atoms with Crippen LogP contribution in [0.5, 0.6) is 0 Å². The van der Waals surface area contributed by atoms with Gasteiger partial charge in [-0.1, -0.05) is 35.5 Å². The van der Waals surface area contributed by atoms with Crippen molar-refractivity contribution in [2.45, 2.75) is 0 Å². The first-order valence-electron chi connectivity index (χ1n) is 5.70. The van der Waals surface area contributed by atoms with Gasteiger partial charge in [-0.3, -0.25) is 0 Å². The Morgan fingerprint density at radius 2 is 1.83 bits per heavy atom. The van der Waals surface area contributed by atoms with Gasteiger partial charge in [0.2, 0.25) is 0 Å². The van der Waals surface area contributed by atoms with Crippen LogP contribution in [0.4, 0.5) is 0 Å². The predicted octanol–water partition coefficient (Wildman–Crippen LogP) is 3.17. The molecule has 0 amide bonds. The van der Waals surface area contributed by atoms with Gasteiger partial charge in [0.05, 0.1) is 12.4 Å². The standard InChI is InChI=1S/C14H9N3O/c1-2-7-13-10(4-1)11-5-3-6-12(14(11)18-13)17-9-8-15-16-17/h1-9H. The molecule has 86 valence electrons. The van der Waals surface area contributed by atoms with Gasteiger partial charge in [0, 0.05) is 10.8 Å². The molecule has 0 unspecified atom stereocenters. The SMILES string of the molecule is c1ccc2c(c1)oc1c(-n3ccnn3)cccc12. The third-order valence-electron chi connectivity index (χ3n) is 3.05. The summed E-state index contributed by atoms with van der Waals surface area (Å²) >= 11 is 0. The molecule has 18 heavy (non-hydrogen) atoms. The first-order valence-corrected chi connectivity index (χ1v) is 5.70. The number of aromatic nitrogens is 3. The molecular weight excluding hydrogens is 226 g/mol. The number of para-hydroxylation sites is 2. The van der Waals surface area contributed by atoms with Gasteiger partial charge in [0.25, 0.3) is 0 Å². The lowest BCUT2D eigenvalue weighted by Crippen LogP contribution is -1.94. The molecule has 0 fully saturated rings. The topological polar surface area (TPSA) is 43.9 Å². The molecule has 2 aromatic carbocycles. The largest absolute Gasteiger partial charge is 0.454 e. The highest BCUT2D eigenvalue weighted by Gasteiger charge is 2.11. The predicted molar refractivity (Wildman–Crippen MR) is 68.6 cm³/mol. The fourth-order valence-electron chi connectivity index (χ4n) is 2.25. The Kier molecular flexibility index (Phi) is 1.80. The molecule has 0 N–H and O–H groups in total. The number of furan rings is 1. The van der Waals surface area contributed by atoms with Crippen molar-refractivity contribution in [2.24, 2.45) is 0 Å². The van der Waals surface area contributed by atoms with Crippen LogP contribution in [0.2, 0.25) is 0 Å². The Balaban J connectivity index is 2.17. The van der Waals surface area contributed by atoms with Crippen LogP contribution in [0, 0.1) is 0 Å². The van der Waals surface area contributed by atoms with Gasteiger partial charge < -0.3 is 4.42 Å². The van der Waals surface area contributed by atoms with E-state index in [1.165, 1.54) is 0 Å². The van der Waals surface area contributed by atoms with Crippen molar-refractivity contribution in [3.8, 4) is 5.69 Å². The number of benzene rings is 2.